The summed E-state index contributed by atoms with van der Waals surface area (Å²) in [7, 11) is 0. The summed E-state index contributed by atoms with van der Waals surface area (Å²) in [6, 6.07) is 2.07. The number of aromatic nitrogens is 5. The van der Waals surface area contributed by atoms with Gasteiger partial charge in [0.2, 0.25) is 0 Å². The first-order chi connectivity index (χ1) is 13.5. The zero-order valence-electron chi connectivity index (χ0n) is 16.4. The molecule has 5 heterocycles. The minimum Gasteiger partial charge on any atom is -0.337 e. The Hall–Kier alpha value is -2.74. The smallest absolute Gasteiger partial charge is 0.274 e. The van der Waals surface area contributed by atoms with E-state index in [4.69, 9.17) is 0 Å². The summed E-state index contributed by atoms with van der Waals surface area (Å²) in [4.78, 5) is 19.5. The molecule has 2 aliphatic heterocycles. The quantitative estimate of drug-likeness (QED) is 0.725. The van der Waals surface area contributed by atoms with Crippen LogP contribution in [0.15, 0.2) is 18.6 Å². The van der Waals surface area contributed by atoms with Crippen LogP contribution in [0.3, 0.4) is 0 Å². The Labute approximate surface area is 163 Å². The number of aromatic amines is 1. The van der Waals surface area contributed by atoms with E-state index in [1.807, 2.05) is 18.0 Å². The number of carbonyl (C=O) groups is 1. The van der Waals surface area contributed by atoms with Crippen LogP contribution >= 0.6 is 0 Å². The minimum absolute atomic E-state index is 0.0409. The highest BCUT2D eigenvalue weighted by molar-refractivity contribution is 5.96. The maximum atomic E-state index is 13.3. The summed E-state index contributed by atoms with van der Waals surface area (Å²) >= 11 is 0. The molecule has 2 atom stereocenters. The Kier molecular flexibility index (Phi) is 3.97. The van der Waals surface area contributed by atoms with E-state index in [1.165, 1.54) is 0 Å². The van der Waals surface area contributed by atoms with Gasteiger partial charge in [0.05, 0.1) is 5.69 Å². The second-order valence-corrected chi connectivity index (χ2v) is 8.34. The molecule has 2 unspecified atom stereocenters. The van der Waals surface area contributed by atoms with E-state index < -0.39 is 0 Å². The SMILES string of the molecule is Cc1cc(-c2[nH]nc(C(=O)N3CC4CNCC4C3)c2C(C)C)cn2ncnc12. The number of hydrogen-bond acceptors (Lipinski definition) is 5. The highest BCUT2D eigenvalue weighted by Crippen LogP contribution is 2.33. The normalized spacial score (nSPS) is 21.8. The monoisotopic (exact) mass is 379 g/mol. The van der Waals surface area contributed by atoms with Crippen molar-refractivity contribution in [3.05, 3.63) is 35.4 Å². The number of nitrogens with one attached hydrogen (secondary N) is 2. The van der Waals surface area contributed by atoms with Crippen LogP contribution in [0.1, 0.15) is 41.4 Å². The Balaban J connectivity index is 1.53. The average molecular weight is 379 g/mol. The fourth-order valence-electron chi connectivity index (χ4n) is 4.70. The number of rotatable bonds is 3. The van der Waals surface area contributed by atoms with Crippen molar-refractivity contribution in [2.75, 3.05) is 26.2 Å². The molecule has 0 spiro atoms. The van der Waals surface area contributed by atoms with Crippen molar-refractivity contribution >= 4 is 11.6 Å². The van der Waals surface area contributed by atoms with Gasteiger partial charge in [0.25, 0.3) is 5.91 Å². The number of nitrogens with zero attached hydrogens (tertiary/aromatic N) is 5. The van der Waals surface area contributed by atoms with Crippen LogP contribution in [0.2, 0.25) is 0 Å². The van der Waals surface area contributed by atoms with E-state index in [-0.39, 0.29) is 11.8 Å². The van der Waals surface area contributed by atoms with Crippen LogP contribution in [0.4, 0.5) is 0 Å². The number of pyridine rings is 1. The van der Waals surface area contributed by atoms with Gasteiger partial charge >= 0.3 is 0 Å². The van der Waals surface area contributed by atoms with Crippen molar-refractivity contribution in [3.63, 3.8) is 0 Å². The number of H-pyrrole nitrogens is 1. The van der Waals surface area contributed by atoms with Crippen molar-refractivity contribution in [2.45, 2.75) is 26.7 Å². The molecule has 3 aromatic rings. The molecular formula is C20H25N7O. The van der Waals surface area contributed by atoms with Crippen LogP contribution in [-0.4, -0.2) is 61.8 Å². The standard InChI is InChI=1S/C20H25N7O/c1-11(2)16-17(13-4-12(3)19-22-10-23-27(19)9-13)24-25-18(16)20(28)26-7-14-5-21-6-15(14)8-26/h4,9-11,14-15,21H,5-8H2,1-3H3,(H,24,25). The summed E-state index contributed by atoms with van der Waals surface area (Å²) < 4.78 is 1.77. The average Bonchev–Trinajstić information content (AvgIpc) is 3.41. The first kappa shape index (κ1) is 17.4. The van der Waals surface area contributed by atoms with Gasteiger partial charge in [0.1, 0.15) is 6.33 Å². The van der Waals surface area contributed by atoms with Crippen molar-refractivity contribution in [1.82, 2.24) is 35.0 Å². The minimum atomic E-state index is 0.0409. The summed E-state index contributed by atoms with van der Waals surface area (Å²) in [5, 5.41) is 15.3. The molecule has 146 valence electrons. The molecule has 0 bridgehead atoms. The molecule has 8 heteroatoms. The fourth-order valence-corrected chi connectivity index (χ4v) is 4.70. The number of likely N-dealkylation sites (tertiary alicyclic amines) is 1. The molecule has 2 N–H and O–H groups in total. The lowest BCUT2D eigenvalue weighted by Gasteiger charge is -2.18. The van der Waals surface area contributed by atoms with Crippen LogP contribution in [-0.2, 0) is 0 Å². The molecule has 3 aromatic heterocycles. The lowest BCUT2D eigenvalue weighted by atomic mass is 9.96. The second-order valence-electron chi connectivity index (χ2n) is 8.34. The summed E-state index contributed by atoms with van der Waals surface area (Å²) in [5.74, 6) is 1.35. The third-order valence-corrected chi connectivity index (χ3v) is 6.11. The Morgan fingerprint density at radius 3 is 2.71 bits per heavy atom. The van der Waals surface area contributed by atoms with Crippen LogP contribution in [0.5, 0.6) is 0 Å². The molecule has 1 amide bonds. The van der Waals surface area contributed by atoms with Crippen LogP contribution < -0.4 is 5.32 Å². The number of carbonyl (C=O) groups excluding carboxylic acids is 1. The van der Waals surface area contributed by atoms with E-state index in [0.29, 0.717) is 17.5 Å². The van der Waals surface area contributed by atoms with Crippen molar-refractivity contribution in [1.29, 1.82) is 0 Å². The topological polar surface area (TPSA) is 91.2 Å². The largest absolute Gasteiger partial charge is 0.337 e. The van der Waals surface area contributed by atoms with E-state index >= 15 is 0 Å². The van der Waals surface area contributed by atoms with Gasteiger partial charge in [0, 0.05) is 43.5 Å². The molecule has 0 saturated carbocycles. The Morgan fingerprint density at radius 1 is 1.25 bits per heavy atom. The van der Waals surface area contributed by atoms with Gasteiger partial charge in [-0.2, -0.15) is 10.2 Å². The predicted molar refractivity (Wildman–Crippen MR) is 105 cm³/mol. The van der Waals surface area contributed by atoms with Gasteiger partial charge in [0.15, 0.2) is 11.3 Å². The molecule has 0 aliphatic carbocycles. The third-order valence-electron chi connectivity index (χ3n) is 6.11. The van der Waals surface area contributed by atoms with Gasteiger partial charge in [-0.15, -0.1) is 0 Å². The number of aryl methyl sites for hydroxylation is 1. The zero-order valence-corrected chi connectivity index (χ0v) is 16.4. The Morgan fingerprint density at radius 2 is 2.00 bits per heavy atom. The molecule has 5 rings (SSSR count). The molecule has 2 fully saturated rings. The van der Waals surface area contributed by atoms with Gasteiger partial charge in [-0.1, -0.05) is 13.8 Å². The first-order valence-electron chi connectivity index (χ1n) is 9.91. The first-order valence-corrected chi connectivity index (χ1v) is 9.91. The summed E-state index contributed by atoms with van der Waals surface area (Å²) in [6.07, 6.45) is 3.49. The second kappa shape index (κ2) is 6.41. The van der Waals surface area contributed by atoms with Gasteiger partial charge in [-0.3, -0.25) is 9.89 Å². The third kappa shape index (κ3) is 2.63. The maximum absolute atomic E-state index is 13.3. The molecule has 0 aromatic carbocycles. The molecule has 28 heavy (non-hydrogen) atoms. The lowest BCUT2D eigenvalue weighted by molar-refractivity contribution is 0.0774. The number of hydrogen-bond donors (Lipinski definition) is 2. The summed E-state index contributed by atoms with van der Waals surface area (Å²) in [5.41, 5.74) is 5.25. The van der Waals surface area contributed by atoms with E-state index in [0.717, 1.165) is 54.2 Å². The molecule has 2 aliphatic rings. The lowest BCUT2D eigenvalue weighted by Crippen LogP contribution is -2.32. The van der Waals surface area contributed by atoms with Crippen molar-refractivity contribution in [3.8, 4) is 11.3 Å². The highest BCUT2D eigenvalue weighted by Gasteiger charge is 2.39. The van der Waals surface area contributed by atoms with Gasteiger partial charge < -0.3 is 10.2 Å². The van der Waals surface area contributed by atoms with Crippen molar-refractivity contribution < 1.29 is 4.79 Å². The van der Waals surface area contributed by atoms with Gasteiger partial charge in [-0.05, 0) is 36.3 Å². The Bertz CT molecular complexity index is 1040. The van der Waals surface area contributed by atoms with E-state index in [2.05, 4.69) is 45.5 Å². The van der Waals surface area contributed by atoms with Gasteiger partial charge in [-0.25, -0.2) is 9.50 Å². The zero-order chi connectivity index (χ0) is 19.4. The molecule has 2 saturated heterocycles. The predicted octanol–water partition coefficient (Wildman–Crippen LogP) is 1.84. The summed E-state index contributed by atoms with van der Waals surface area (Å²) in [6.45, 7) is 9.88. The highest BCUT2D eigenvalue weighted by atomic mass is 16.2. The van der Waals surface area contributed by atoms with E-state index in [1.54, 1.807) is 10.8 Å². The van der Waals surface area contributed by atoms with E-state index in [9.17, 15) is 4.79 Å². The van der Waals surface area contributed by atoms with Crippen molar-refractivity contribution in [2.24, 2.45) is 11.8 Å². The molecule has 0 radical (unpaired) electrons. The molecule has 8 nitrogen and oxygen atoms in total. The number of amides is 1. The van der Waals surface area contributed by atoms with Crippen LogP contribution in [0, 0.1) is 18.8 Å². The number of fused-ring (bicyclic) bond motifs is 2. The maximum Gasteiger partial charge on any atom is 0.274 e. The fraction of sp³-hybridized carbons (Fsp3) is 0.500. The molecular weight excluding hydrogens is 354 g/mol. The van der Waals surface area contributed by atoms with Crippen LogP contribution in [0.25, 0.3) is 16.9 Å².